The van der Waals surface area contributed by atoms with Gasteiger partial charge in [-0.15, -0.1) is 0 Å². The van der Waals surface area contributed by atoms with Crippen LogP contribution in [0.4, 0.5) is 5.82 Å². The van der Waals surface area contributed by atoms with Crippen molar-refractivity contribution in [1.29, 1.82) is 0 Å². The highest BCUT2D eigenvalue weighted by Gasteiger charge is 2.10. The van der Waals surface area contributed by atoms with Gasteiger partial charge in [0, 0.05) is 12.6 Å². The van der Waals surface area contributed by atoms with E-state index in [1.54, 1.807) is 0 Å². The van der Waals surface area contributed by atoms with E-state index in [1.807, 2.05) is 6.92 Å². The summed E-state index contributed by atoms with van der Waals surface area (Å²) < 4.78 is 4.91. The zero-order valence-electron chi connectivity index (χ0n) is 9.40. The van der Waals surface area contributed by atoms with Crippen LogP contribution in [0, 0.1) is 0 Å². The van der Waals surface area contributed by atoms with Gasteiger partial charge in [0.1, 0.15) is 5.02 Å². The third kappa shape index (κ3) is 3.50. The standard InChI is InChI=1S/C10H16ClN3O2/c1-3-7(4-5-15)13-9-8(11)6-12-10(14-9)16-2/h6-7,15H,3-5H2,1-2H3,(H,12,13,14). The Morgan fingerprint density at radius 2 is 2.38 bits per heavy atom. The fourth-order valence-corrected chi connectivity index (χ4v) is 1.42. The summed E-state index contributed by atoms with van der Waals surface area (Å²) in [5.74, 6) is 0.536. The summed E-state index contributed by atoms with van der Waals surface area (Å²) in [6.07, 6.45) is 3.02. The van der Waals surface area contributed by atoms with Crippen LogP contribution in [-0.2, 0) is 0 Å². The minimum absolute atomic E-state index is 0.130. The Labute approximate surface area is 99.8 Å². The Kier molecular flexibility index (Phi) is 5.28. The third-order valence-electron chi connectivity index (χ3n) is 2.22. The maximum absolute atomic E-state index is 8.89. The molecular weight excluding hydrogens is 230 g/mol. The number of nitrogens with one attached hydrogen (secondary N) is 1. The Bertz CT molecular complexity index is 336. The van der Waals surface area contributed by atoms with Crippen molar-refractivity contribution in [2.75, 3.05) is 19.0 Å². The van der Waals surface area contributed by atoms with Crippen LogP contribution in [0.25, 0.3) is 0 Å². The van der Waals surface area contributed by atoms with E-state index in [2.05, 4.69) is 15.3 Å². The van der Waals surface area contributed by atoms with E-state index < -0.39 is 0 Å². The first kappa shape index (κ1) is 13.0. The molecule has 1 heterocycles. The summed E-state index contributed by atoms with van der Waals surface area (Å²) in [6.45, 7) is 2.16. The molecule has 1 aromatic rings. The van der Waals surface area contributed by atoms with Gasteiger partial charge < -0.3 is 15.2 Å². The van der Waals surface area contributed by atoms with E-state index in [4.69, 9.17) is 21.4 Å². The molecule has 0 spiro atoms. The molecule has 0 aliphatic carbocycles. The van der Waals surface area contributed by atoms with Gasteiger partial charge in [0.15, 0.2) is 5.82 Å². The van der Waals surface area contributed by atoms with Crippen LogP contribution in [-0.4, -0.2) is 34.8 Å². The second kappa shape index (κ2) is 6.50. The Morgan fingerprint density at radius 3 is 2.94 bits per heavy atom. The van der Waals surface area contributed by atoms with Crippen LogP contribution in [0.15, 0.2) is 6.20 Å². The highest BCUT2D eigenvalue weighted by Crippen LogP contribution is 2.21. The second-order valence-electron chi connectivity index (χ2n) is 3.32. The number of aliphatic hydroxyl groups excluding tert-OH is 1. The second-order valence-corrected chi connectivity index (χ2v) is 3.72. The largest absolute Gasteiger partial charge is 0.467 e. The number of rotatable bonds is 6. The quantitative estimate of drug-likeness (QED) is 0.799. The molecule has 6 heteroatoms. The van der Waals surface area contributed by atoms with E-state index in [-0.39, 0.29) is 18.7 Å². The molecule has 0 radical (unpaired) electrons. The highest BCUT2D eigenvalue weighted by molar-refractivity contribution is 6.32. The molecule has 0 bridgehead atoms. The molecule has 90 valence electrons. The van der Waals surface area contributed by atoms with Crippen molar-refractivity contribution in [3.8, 4) is 6.01 Å². The van der Waals surface area contributed by atoms with Crippen LogP contribution >= 0.6 is 11.6 Å². The average Bonchev–Trinajstić information content (AvgIpc) is 2.31. The van der Waals surface area contributed by atoms with Crippen LogP contribution in [0.1, 0.15) is 19.8 Å². The zero-order chi connectivity index (χ0) is 12.0. The lowest BCUT2D eigenvalue weighted by molar-refractivity contribution is 0.278. The minimum atomic E-state index is 0.130. The number of ether oxygens (including phenoxy) is 1. The molecule has 2 N–H and O–H groups in total. The lowest BCUT2D eigenvalue weighted by atomic mass is 10.1. The van der Waals surface area contributed by atoms with E-state index >= 15 is 0 Å². The predicted octanol–water partition coefficient (Wildman–Crippen LogP) is 1.71. The van der Waals surface area contributed by atoms with Gasteiger partial charge in [0.05, 0.1) is 13.3 Å². The SMILES string of the molecule is CCC(CCO)Nc1nc(OC)ncc1Cl. The first-order chi connectivity index (χ1) is 7.71. The molecule has 0 aliphatic rings. The predicted molar refractivity (Wildman–Crippen MR) is 63.0 cm³/mol. The van der Waals surface area contributed by atoms with Gasteiger partial charge in [-0.1, -0.05) is 18.5 Å². The zero-order valence-corrected chi connectivity index (χ0v) is 10.2. The van der Waals surface area contributed by atoms with Crippen molar-refractivity contribution in [3.05, 3.63) is 11.2 Å². The summed E-state index contributed by atoms with van der Waals surface area (Å²) in [5, 5.41) is 12.5. The Balaban J connectivity index is 2.77. The molecule has 0 aliphatic heterocycles. The summed E-state index contributed by atoms with van der Waals surface area (Å²) in [6, 6.07) is 0.410. The normalized spacial score (nSPS) is 12.2. The molecule has 1 aromatic heterocycles. The van der Waals surface area contributed by atoms with Crippen LogP contribution < -0.4 is 10.1 Å². The van der Waals surface area contributed by atoms with E-state index in [1.165, 1.54) is 13.3 Å². The number of hydrogen-bond donors (Lipinski definition) is 2. The first-order valence-electron chi connectivity index (χ1n) is 5.15. The number of hydrogen-bond acceptors (Lipinski definition) is 5. The molecule has 1 unspecified atom stereocenters. The first-order valence-corrected chi connectivity index (χ1v) is 5.53. The summed E-state index contributed by atoms with van der Waals surface area (Å²) in [4.78, 5) is 7.98. The molecule has 0 aromatic carbocycles. The van der Waals surface area contributed by atoms with Crippen molar-refractivity contribution in [2.24, 2.45) is 0 Å². The molecular formula is C10H16ClN3O2. The van der Waals surface area contributed by atoms with Crippen molar-refractivity contribution >= 4 is 17.4 Å². The minimum Gasteiger partial charge on any atom is -0.467 e. The smallest absolute Gasteiger partial charge is 0.318 e. The van der Waals surface area contributed by atoms with Gasteiger partial charge >= 0.3 is 6.01 Å². The average molecular weight is 246 g/mol. The molecule has 0 fully saturated rings. The Morgan fingerprint density at radius 1 is 1.62 bits per heavy atom. The number of aromatic nitrogens is 2. The molecule has 0 amide bonds. The molecule has 1 atom stereocenters. The van der Waals surface area contributed by atoms with Crippen molar-refractivity contribution < 1.29 is 9.84 Å². The summed E-state index contributed by atoms with van der Waals surface area (Å²) >= 11 is 5.95. The molecule has 1 rings (SSSR count). The molecule has 0 saturated heterocycles. The van der Waals surface area contributed by atoms with Crippen molar-refractivity contribution in [1.82, 2.24) is 9.97 Å². The van der Waals surface area contributed by atoms with E-state index in [0.717, 1.165) is 6.42 Å². The van der Waals surface area contributed by atoms with Crippen molar-refractivity contribution in [3.63, 3.8) is 0 Å². The monoisotopic (exact) mass is 245 g/mol. The number of anilines is 1. The van der Waals surface area contributed by atoms with Gasteiger partial charge in [-0.25, -0.2) is 4.98 Å². The summed E-state index contributed by atoms with van der Waals surface area (Å²) in [5.41, 5.74) is 0. The number of halogens is 1. The number of aliphatic hydroxyl groups is 1. The third-order valence-corrected chi connectivity index (χ3v) is 2.49. The lowest BCUT2D eigenvalue weighted by Crippen LogP contribution is -2.21. The number of methoxy groups -OCH3 is 1. The maximum atomic E-state index is 8.89. The number of nitrogens with zero attached hydrogens (tertiary/aromatic N) is 2. The van der Waals surface area contributed by atoms with Gasteiger partial charge in [-0.2, -0.15) is 4.98 Å². The highest BCUT2D eigenvalue weighted by atomic mass is 35.5. The lowest BCUT2D eigenvalue weighted by Gasteiger charge is -2.17. The topological polar surface area (TPSA) is 67.3 Å². The fourth-order valence-electron chi connectivity index (χ4n) is 1.28. The molecule has 16 heavy (non-hydrogen) atoms. The van der Waals surface area contributed by atoms with Crippen molar-refractivity contribution in [2.45, 2.75) is 25.8 Å². The van der Waals surface area contributed by atoms with Crippen LogP contribution in [0.2, 0.25) is 5.02 Å². The van der Waals surface area contributed by atoms with E-state index in [9.17, 15) is 0 Å². The van der Waals surface area contributed by atoms with Gasteiger partial charge in [-0.05, 0) is 12.8 Å². The Hall–Kier alpha value is -1.07. The molecule has 5 nitrogen and oxygen atoms in total. The van der Waals surface area contributed by atoms with Crippen LogP contribution in [0.3, 0.4) is 0 Å². The summed E-state index contributed by atoms with van der Waals surface area (Å²) in [7, 11) is 1.50. The van der Waals surface area contributed by atoms with Gasteiger partial charge in [0.25, 0.3) is 0 Å². The van der Waals surface area contributed by atoms with Crippen LogP contribution in [0.5, 0.6) is 6.01 Å². The van der Waals surface area contributed by atoms with Gasteiger partial charge in [-0.3, -0.25) is 0 Å². The molecule has 0 saturated carbocycles. The fraction of sp³-hybridized carbons (Fsp3) is 0.600. The maximum Gasteiger partial charge on any atom is 0.318 e. The van der Waals surface area contributed by atoms with Gasteiger partial charge in [0.2, 0.25) is 0 Å². The van der Waals surface area contributed by atoms with E-state index in [0.29, 0.717) is 17.3 Å².